The van der Waals surface area contributed by atoms with Gasteiger partial charge in [-0.15, -0.1) is 0 Å². The van der Waals surface area contributed by atoms with E-state index in [9.17, 15) is 23.3 Å². The second-order valence-electron chi connectivity index (χ2n) is 20.0. The van der Waals surface area contributed by atoms with Crippen LogP contribution in [0.1, 0.15) is 73.0 Å². The van der Waals surface area contributed by atoms with Gasteiger partial charge >= 0.3 is 0 Å². The van der Waals surface area contributed by atoms with Crippen LogP contribution in [0.4, 0.5) is 28.4 Å². The maximum absolute atomic E-state index is 14.5. The van der Waals surface area contributed by atoms with Gasteiger partial charge in [0, 0.05) is 87.3 Å². The number of anilines is 4. The lowest BCUT2D eigenvalue weighted by atomic mass is 9.59. The lowest BCUT2D eigenvalue weighted by molar-refractivity contribution is -0.384. The van der Waals surface area contributed by atoms with E-state index in [2.05, 4.69) is 72.9 Å². The summed E-state index contributed by atoms with van der Waals surface area (Å²) in [4.78, 5) is 45.5. The smallest absolute Gasteiger partial charge is 0.297 e. The number of aromatic nitrogens is 2. The highest BCUT2D eigenvalue weighted by atomic mass is 32.2. The van der Waals surface area contributed by atoms with Gasteiger partial charge in [-0.2, -0.15) is 4.98 Å². The Morgan fingerprint density at radius 3 is 2.56 bits per heavy atom. The van der Waals surface area contributed by atoms with Gasteiger partial charge in [0.2, 0.25) is 5.88 Å². The molecule has 11 rings (SSSR count). The molecule has 3 N–H and O–H groups in total. The molecule has 3 aromatic carbocycles. The van der Waals surface area contributed by atoms with Crippen molar-refractivity contribution in [2.75, 3.05) is 87.7 Å². The molecule has 7 heterocycles. The fourth-order valence-electron chi connectivity index (χ4n) is 11.8. The number of pyridine rings is 1. The Hall–Kier alpha value is -5.95. The first-order valence-corrected chi connectivity index (χ1v) is 25.6. The fraction of sp³-hybridized carbons (Fsp3) is 0.480. The second-order valence-corrected chi connectivity index (χ2v) is 21.7. The van der Waals surface area contributed by atoms with Crippen molar-refractivity contribution < 1.29 is 27.6 Å². The van der Waals surface area contributed by atoms with Gasteiger partial charge in [0.05, 0.1) is 33.7 Å². The molecule has 3 saturated heterocycles. The van der Waals surface area contributed by atoms with E-state index in [1.807, 2.05) is 42.3 Å². The average Bonchev–Trinajstić information content (AvgIpc) is 4.00. The lowest BCUT2D eigenvalue weighted by Gasteiger charge is -2.56. The summed E-state index contributed by atoms with van der Waals surface area (Å²) in [6.45, 7) is 11.8. The Labute approximate surface area is 397 Å². The summed E-state index contributed by atoms with van der Waals surface area (Å²) in [6.07, 6.45) is 8.48. The molecule has 68 heavy (non-hydrogen) atoms. The van der Waals surface area contributed by atoms with Crippen LogP contribution in [0.5, 0.6) is 11.6 Å². The number of carbonyl (C=O) groups excluding carboxylic acids is 1. The molecule has 1 aliphatic carbocycles. The number of aryl methyl sites for hydroxylation is 1. The molecule has 18 heteroatoms. The fourth-order valence-corrected chi connectivity index (χ4v) is 12.8. The van der Waals surface area contributed by atoms with Crippen molar-refractivity contribution in [3.63, 3.8) is 0 Å². The summed E-state index contributed by atoms with van der Waals surface area (Å²) in [5, 5.41) is 16.6. The zero-order valence-corrected chi connectivity index (χ0v) is 39.8. The van der Waals surface area contributed by atoms with Crippen molar-refractivity contribution >= 4 is 55.4 Å². The van der Waals surface area contributed by atoms with Gasteiger partial charge in [-0.05, 0) is 113 Å². The van der Waals surface area contributed by atoms with Crippen LogP contribution in [-0.2, 0) is 10.0 Å². The first-order chi connectivity index (χ1) is 32.8. The number of nitro benzene ring substituents is 1. The van der Waals surface area contributed by atoms with Crippen LogP contribution >= 0.6 is 0 Å². The Bertz CT molecular complexity index is 2870. The van der Waals surface area contributed by atoms with Gasteiger partial charge in [0.15, 0.2) is 11.4 Å². The molecule has 17 nitrogen and oxygen atoms in total. The molecule has 2 aromatic heterocycles. The molecule has 358 valence electrons. The third-order valence-electron chi connectivity index (χ3n) is 15.5. The van der Waals surface area contributed by atoms with Gasteiger partial charge < -0.3 is 34.5 Å². The number of likely N-dealkylation sites (N-methyl/N-ethyl adjacent to an activating group) is 1. The maximum atomic E-state index is 14.5. The highest BCUT2D eigenvalue weighted by Crippen LogP contribution is 2.54. The van der Waals surface area contributed by atoms with Crippen molar-refractivity contribution in [1.82, 2.24) is 29.4 Å². The minimum absolute atomic E-state index is 0.0393. The predicted molar refractivity (Wildman–Crippen MR) is 261 cm³/mol. The highest BCUT2D eigenvalue weighted by Gasteiger charge is 2.50. The molecule has 6 aliphatic rings. The zero-order chi connectivity index (χ0) is 46.9. The van der Waals surface area contributed by atoms with Crippen LogP contribution < -0.4 is 29.3 Å². The van der Waals surface area contributed by atoms with Crippen LogP contribution in [0.3, 0.4) is 0 Å². The van der Waals surface area contributed by atoms with Crippen molar-refractivity contribution in [1.29, 1.82) is 0 Å². The number of sulfonamides is 1. The number of hydrogen-bond acceptors (Lipinski definition) is 14. The number of nitrogens with zero attached hydrogens (tertiary/aromatic N) is 7. The lowest BCUT2D eigenvalue weighted by Crippen LogP contribution is -2.54. The Morgan fingerprint density at radius 2 is 1.78 bits per heavy atom. The van der Waals surface area contributed by atoms with Crippen LogP contribution in [0.2, 0.25) is 0 Å². The standard InChI is InChI=1S/C50H60N10O7S/c1-32-7-4-5-8-39(32)41-9-6-16-58(41)37-27-50(28-37)13-17-57(18-14-50)36-10-11-40(42(24-36)59-29-33(2)67-49-44(59)23-34-12-15-51-47(34)53-49)48(61)54-68(64,65)38-25-43(60(62)63)46-45(26-38)66-31-35(52-46)30-56-21-19-55(3)20-22-56/h4-5,7-8,10-12,15,23-26,33,35,37,41,52H,6,9,13-14,16-22,27-31H2,1-3H3,(H,51,53)(H,54,61)/t33-,35-,41+/m1/s1. The van der Waals surface area contributed by atoms with Crippen molar-refractivity contribution in [2.24, 2.45) is 5.41 Å². The molecule has 3 atom stereocenters. The minimum atomic E-state index is -4.65. The van der Waals surface area contributed by atoms with E-state index in [0.29, 0.717) is 53.5 Å². The zero-order valence-electron chi connectivity index (χ0n) is 38.9. The molecule has 5 aromatic rings. The Morgan fingerprint density at radius 1 is 0.985 bits per heavy atom. The van der Waals surface area contributed by atoms with E-state index in [1.165, 1.54) is 42.9 Å². The van der Waals surface area contributed by atoms with Crippen LogP contribution in [0, 0.1) is 22.5 Å². The summed E-state index contributed by atoms with van der Waals surface area (Å²) in [5.41, 5.74) is 5.68. The Kier molecular flexibility index (Phi) is 11.5. The number of amides is 1. The number of piperidine rings is 1. The number of H-pyrrole nitrogens is 1. The quantitative estimate of drug-likeness (QED) is 0.0980. The molecule has 1 amide bonds. The second kappa shape index (κ2) is 17.5. The SMILES string of the molecule is Cc1ccccc1[C@@H]1CCCN1C1CC2(CCN(c3ccc(C(=O)NS(=O)(=O)c4cc5c(c([N+](=O)[O-])c4)N[C@H](CN4CCN(C)CC4)CO5)c(N4C[C@@H](C)Oc5nc6[nH]ccc6cc54)c3)CC2)C1. The van der Waals surface area contributed by atoms with E-state index in [4.69, 9.17) is 14.5 Å². The normalized spacial score (nSPS) is 23.3. The molecule has 0 bridgehead atoms. The van der Waals surface area contributed by atoms with E-state index in [1.54, 1.807) is 6.07 Å². The Balaban J connectivity index is 0.849. The topological polar surface area (TPSA) is 182 Å². The number of nitrogens with one attached hydrogen (secondary N) is 3. The number of rotatable bonds is 10. The number of piperazine rings is 1. The third-order valence-corrected chi connectivity index (χ3v) is 16.8. The molecular weight excluding hydrogens is 885 g/mol. The molecule has 1 saturated carbocycles. The van der Waals surface area contributed by atoms with E-state index >= 15 is 0 Å². The molecule has 1 spiro atoms. The molecule has 4 fully saturated rings. The van der Waals surface area contributed by atoms with E-state index in [0.717, 1.165) is 75.8 Å². The number of nitro groups is 1. The number of ether oxygens (including phenoxy) is 2. The van der Waals surface area contributed by atoms with Gasteiger partial charge in [-0.25, -0.2) is 13.1 Å². The van der Waals surface area contributed by atoms with Gasteiger partial charge in [0.1, 0.15) is 24.0 Å². The summed E-state index contributed by atoms with van der Waals surface area (Å²) < 4.78 is 42.9. The maximum Gasteiger partial charge on any atom is 0.297 e. The monoisotopic (exact) mass is 944 g/mol. The third kappa shape index (κ3) is 8.38. The van der Waals surface area contributed by atoms with Crippen molar-refractivity contribution in [3.8, 4) is 11.6 Å². The van der Waals surface area contributed by atoms with E-state index in [-0.39, 0.29) is 35.8 Å². The van der Waals surface area contributed by atoms with Crippen molar-refractivity contribution in [3.05, 3.63) is 99.7 Å². The van der Waals surface area contributed by atoms with Crippen LogP contribution in [0.15, 0.2) is 77.8 Å². The highest BCUT2D eigenvalue weighted by molar-refractivity contribution is 7.90. The average molecular weight is 945 g/mol. The van der Waals surface area contributed by atoms with Gasteiger partial charge in [-0.3, -0.25) is 24.7 Å². The number of likely N-dealkylation sites (tertiary alicyclic amines) is 1. The number of fused-ring (bicyclic) bond motifs is 3. The summed E-state index contributed by atoms with van der Waals surface area (Å²) in [7, 11) is -2.57. The van der Waals surface area contributed by atoms with Crippen LogP contribution in [-0.4, -0.2) is 135 Å². The van der Waals surface area contributed by atoms with Gasteiger partial charge in [-0.1, -0.05) is 24.3 Å². The minimum Gasteiger partial charge on any atom is -0.489 e. The molecule has 0 radical (unpaired) electrons. The largest absolute Gasteiger partial charge is 0.489 e. The predicted octanol–water partition coefficient (Wildman–Crippen LogP) is 6.82. The first kappa shape index (κ1) is 44.5. The molecular formula is C50H60N10O7S. The summed E-state index contributed by atoms with van der Waals surface area (Å²) >= 11 is 0. The molecule has 5 aliphatic heterocycles. The number of aromatic amines is 1. The summed E-state index contributed by atoms with van der Waals surface area (Å²) in [6, 6.07) is 21.4. The van der Waals surface area contributed by atoms with Crippen LogP contribution in [0.25, 0.3) is 11.0 Å². The first-order valence-electron chi connectivity index (χ1n) is 24.1. The summed E-state index contributed by atoms with van der Waals surface area (Å²) in [5.74, 6) is -0.443. The number of benzene rings is 3. The molecule has 0 unspecified atom stereocenters. The number of hydrogen-bond donors (Lipinski definition) is 3. The van der Waals surface area contributed by atoms with E-state index < -0.39 is 31.4 Å². The number of carbonyl (C=O) groups is 1. The van der Waals surface area contributed by atoms with Gasteiger partial charge in [0.25, 0.3) is 21.6 Å². The van der Waals surface area contributed by atoms with Crippen molar-refractivity contribution in [2.45, 2.75) is 81.5 Å².